The molecule has 1 aliphatic heterocycles. The first-order valence-corrected chi connectivity index (χ1v) is 7.91. The van der Waals surface area contributed by atoms with Crippen LogP contribution in [0.3, 0.4) is 0 Å². The van der Waals surface area contributed by atoms with Crippen LogP contribution in [0.25, 0.3) is 22.2 Å². The number of benzene rings is 2. The molecule has 2 aliphatic rings. The molecule has 0 fully saturated rings. The van der Waals surface area contributed by atoms with Crippen LogP contribution in [0.2, 0.25) is 0 Å². The Morgan fingerprint density at radius 2 is 1.74 bits per heavy atom. The predicted molar refractivity (Wildman–Crippen MR) is 92.6 cm³/mol. The molecule has 2 nitrogen and oxygen atoms in total. The first-order chi connectivity index (χ1) is 11.4. The quantitative estimate of drug-likeness (QED) is 0.639. The van der Waals surface area contributed by atoms with Gasteiger partial charge in [-0.25, -0.2) is 4.98 Å². The Morgan fingerprint density at radius 1 is 0.826 bits per heavy atom. The van der Waals surface area contributed by atoms with E-state index in [1.165, 1.54) is 5.56 Å². The topological polar surface area (TPSA) is 22.1 Å². The molecule has 2 heterocycles. The SMILES string of the molecule is C1=CC2Oc3c(-c4ccc5ccccc5n4)cccc3C2C=C1. The molecule has 23 heavy (non-hydrogen) atoms. The van der Waals surface area contributed by atoms with Gasteiger partial charge < -0.3 is 4.74 Å². The summed E-state index contributed by atoms with van der Waals surface area (Å²) in [5.74, 6) is 1.29. The van der Waals surface area contributed by atoms with E-state index in [0.717, 1.165) is 27.9 Å². The van der Waals surface area contributed by atoms with Crippen molar-refractivity contribution in [3.8, 4) is 17.0 Å². The van der Waals surface area contributed by atoms with Gasteiger partial charge in [-0.1, -0.05) is 54.6 Å². The summed E-state index contributed by atoms with van der Waals surface area (Å²) in [5, 5.41) is 1.16. The Bertz CT molecular complexity index is 970. The van der Waals surface area contributed by atoms with Gasteiger partial charge in [-0.15, -0.1) is 0 Å². The third-order valence-corrected chi connectivity index (χ3v) is 4.62. The minimum absolute atomic E-state index is 0.108. The number of aromatic nitrogens is 1. The summed E-state index contributed by atoms with van der Waals surface area (Å²) in [6.45, 7) is 0. The fraction of sp³-hybridized carbons (Fsp3) is 0.0952. The molecule has 5 rings (SSSR count). The molecule has 0 saturated heterocycles. The molecule has 3 aromatic rings. The van der Waals surface area contributed by atoms with Gasteiger partial charge in [-0.3, -0.25) is 0 Å². The van der Waals surface area contributed by atoms with Gasteiger partial charge in [0.15, 0.2) is 0 Å². The number of allylic oxidation sites excluding steroid dienone is 2. The summed E-state index contributed by atoms with van der Waals surface area (Å²) >= 11 is 0. The fourth-order valence-corrected chi connectivity index (χ4v) is 3.48. The van der Waals surface area contributed by atoms with Crippen LogP contribution in [0.5, 0.6) is 5.75 Å². The maximum atomic E-state index is 6.23. The Morgan fingerprint density at radius 3 is 2.74 bits per heavy atom. The highest BCUT2D eigenvalue weighted by molar-refractivity contribution is 5.83. The number of pyridine rings is 1. The highest BCUT2D eigenvalue weighted by atomic mass is 16.5. The van der Waals surface area contributed by atoms with Crippen LogP contribution in [-0.4, -0.2) is 11.1 Å². The van der Waals surface area contributed by atoms with Gasteiger partial charge in [-0.05, 0) is 24.3 Å². The lowest BCUT2D eigenvalue weighted by atomic mass is 9.91. The molecular weight excluding hydrogens is 282 g/mol. The number of hydrogen-bond acceptors (Lipinski definition) is 2. The molecule has 110 valence electrons. The second-order valence-corrected chi connectivity index (χ2v) is 5.99. The summed E-state index contributed by atoms with van der Waals surface area (Å²) in [5.41, 5.74) is 4.30. The van der Waals surface area contributed by atoms with E-state index >= 15 is 0 Å². The van der Waals surface area contributed by atoms with E-state index in [1.54, 1.807) is 0 Å². The van der Waals surface area contributed by atoms with Crippen LogP contribution in [0, 0.1) is 0 Å². The van der Waals surface area contributed by atoms with Gasteiger partial charge >= 0.3 is 0 Å². The van der Waals surface area contributed by atoms with Crippen LogP contribution in [-0.2, 0) is 0 Å². The fourth-order valence-electron chi connectivity index (χ4n) is 3.48. The lowest BCUT2D eigenvalue weighted by molar-refractivity contribution is 0.270. The number of rotatable bonds is 1. The normalized spacial score (nSPS) is 21.0. The zero-order valence-electron chi connectivity index (χ0n) is 12.5. The smallest absolute Gasteiger partial charge is 0.133 e. The summed E-state index contributed by atoms with van der Waals surface area (Å²) in [6.07, 6.45) is 8.61. The maximum Gasteiger partial charge on any atom is 0.133 e. The molecule has 0 bridgehead atoms. The Hall–Kier alpha value is -2.87. The lowest BCUT2D eigenvalue weighted by Crippen LogP contribution is -2.15. The number of nitrogens with zero attached hydrogens (tertiary/aromatic N) is 1. The van der Waals surface area contributed by atoms with Gasteiger partial charge in [-0.2, -0.15) is 0 Å². The molecule has 2 aromatic carbocycles. The van der Waals surface area contributed by atoms with Crippen molar-refractivity contribution in [2.75, 3.05) is 0 Å². The van der Waals surface area contributed by atoms with Gasteiger partial charge in [0, 0.05) is 22.4 Å². The van der Waals surface area contributed by atoms with E-state index in [0.29, 0.717) is 5.92 Å². The van der Waals surface area contributed by atoms with Crippen molar-refractivity contribution in [1.29, 1.82) is 0 Å². The molecule has 2 atom stereocenters. The largest absolute Gasteiger partial charge is 0.484 e. The van der Waals surface area contributed by atoms with E-state index < -0.39 is 0 Å². The minimum atomic E-state index is 0.108. The summed E-state index contributed by atoms with van der Waals surface area (Å²) in [7, 11) is 0. The third kappa shape index (κ3) is 1.92. The van der Waals surface area contributed by atoms with Crippen LogP contribution in [0.4, 0.5) is 0 Å². The zero-order valence-corrected chi connectivity index (χ0v) is 12.5. The van der Waals surface area contributed by atoms with Crippen molar-refractivity contribution in [1.82, 2.24) is 4.98 Å². The molecule has 2 heteroatoms. The zero-order chi connectivity index (χ0) is 15.2. The van der Waals surface area contributed by atoms with Crippen molar-refractivity contribution < 1.29 is 4.74 Å². The highest BCUT2D eigenvalue weighted by Crippen LogP contribution is 2.46. The monoisotopic (exact) mass is 297 g/mol. The standard InChI is InChI=1S/C21H15NO/c1-3-10-18-14(6-1)12-13-19(22-18)17-9-5-8-16-15-7-2-4-11-20(15)23-21(16)17/h1-13,15,20H. The minimum Gasteiger partial charge on any atom is -0.484 e. The molecule has 0 radical (unpaired) electrons. The summed E-state index contributed by atoms with van der Waals surface area (Å²) in [6, 6.07) is 18.8. The second kappa shape index (κ2) is 4.82. The van der Waals surface area contributed by atoms with Crippen LogP contribution in [0.15, 0.2) is 78.9 Å². The Labute approximate surface area is 134 Å². The number of fused-ring (bicyclic) bond motifs is 4. The molecule has 1 aliphatic carbocycles. The number of hydrogen-bond donors (Lipinski definition) is 0. The average molecular weight is 297 g/mol. The van der Waals surface area contributed by atoms with E-state index in [-0.39, 0.29) is 6.10 Å². The first-order valence-electron chi connectivity index (χ1n) is 7.91. The summed E-state index contributed by atoms with van der Waals surface area (Å²) < 4.78 is 6.23. The number of ether oxygens (including phenoxy) is 1. The maximum absolute atomic E-state index is 6.23. The van der Waals surface area contributed by atoms with Gasteiger partial charge in [0.25, 0.3) is 0 Å². The van der Waals surface area contributed by atoms with Crippen molar-refractivity contribution >= 4 is 10.9 Å². The van der Waals surface area contributed by atoms with Crippen LogP contribution in [0.1, 0.15) is 11.5 Å². The first kappa shape index (κ1) is 12.7. The average Bonchev–Trinajstić information content (AvgIpc) is 3.00. The van der Waals surface area contributed by atoms with Crippen LogP contribution >= 0.6 is 0 Å². The van der Waals surface area contributed by atoms with Gasteiger partial charge in [0.2, 0.25) is 0 Å². The number of para-hydroxylation sites is 2. The molecule has 2 unspecified atom stereocenters. The molecule has 0 N–H and O–H groups in total. The van der Waals surface area contributed by atoms with Crippen molar-refractivity contribution in [3.05, 3.63) is 84.5 Å². The molecule has 0 spiro atoms. The lowest BCUT2D eigenvalue weighted by Gasteiger charge is -2.14. The predicted octanol–water partition coefficient (Wildman–Crippen LogP) is 4.87. The Balaban J connectivity index is 1.68. The van der Waals surface area contributed by atoms with E-state index in [4.69, 9.17) is 9.72 Å². The Kier molecular flexibility index (Phi) is 2.65. The van der Waals surface area contributed by atoms with E-state index in [2.05, 4.69) is 60.7 Å². The molecular formula is C21H15NO. The van der Waals surface area contributed by atoms with Crippen molar-refractivity contribution in [3.63, 3.8) is 0 Å². The third-order valence-electron chi connectivity index (χ3n) is 4.62. The summed E-state index contributed by atoms with van der Waals surface area (Å²) in [4.78, 5) is 4.82. The molecule has 0 saturated carbocycles. The van der Waals surface area contributed by atoms with Gasteiger partial charge in [0.05, 0.1) is 11.2 Å². The van der Waals surface area contributed by atoms with Gasteiger partial charge in [0.1, 0.15) is 11.9 Å². The molecule has 1 aromatic heterocycles. The van der Waals surface area contributed by atoms with Crippen molar-refractivity contribution in [2.24, 2.45) is 0 Å². The van der Waals surface area contributed by atoms with E-state index in [1.807, 2.05) is 18.2 Å². The molecule has 0 amide bonds. The second-order valence-electron chi connectivity index (χ2n) is 5.99. The highest BCUT2D eigenvalue weighted by Gasteiger charge is 2.33. The van der Waals surface area contributed by atoms with Crippen molar-refractivity contribution in [2.45, 2.75) is 12.0 Å². The van der Waals surface area contributed by atoms with Crippen LogP contribution < -0.4 is 4.74 Å². The van der Waals surface area contributed by atoms with E-state index in [9.17, 15) is 0 Å².